The summed E-state index contributed by atoms with van der Waals surface area (Å²) in [6.45, 7) is 2.48. The summed E-state index contributed by atoms with van der Waals surface area (Å²) in [7, 11) is 0. The maximum Gasteiger partial charge on any atom is 0.234 e. The fourth-order valence-electron chi connectivity index (χ4n) is 1.07. The van der Waals surface area contributed by atoms with E-state index >= 15 is 0 Å². The third-order valence-corrected chi connectivity index (χ3v) is 2.12. The van der Waals surface area contributed by atoms with Crippen LogP contribution in [-0.4, -0.2) is 12.6 Å². The van der Waals surface area contributed by atoms with Crippen molar-refractivity contribution in [2.24, 2.45) is 4.99 Å². The van der Waals surface area contributed by atoms with Crippen LogP contribution in [0.15, 0.2) is 29.3 Å². The Bertz CT molecular complexity index is 314. The second-order valence-electron chi connectivity index (χ2n) is 2.88. The van der Waals surface area contributed by atoms with Crippen molar-refractivity contribution < 1.29 is 4.79 Å². The zero-order valence-electron chi connectivity index (χ0n) is 7.33. The Morgan fingerprint density at radius 2 is 2.08 bits per heavy atom. The van der Waals surface area contributed by atoms with Crippen molar-refractivity contribution in [2.45, 2.75) is 12.8 Å². The molecule has 0 amide bonds. The molecule has 0 aliphatic carbocycles. The first-order valence-corrected chi connectivity index (χ1v) is 4.41. The summed E-state index contributed by atoms with van der Waals surface area (Å²) in [5.41, 5.74) is 1.13. The summed E-state index contributed by atoms with van der Waals surface area (Å²) < 4.78 is 0. The van der Waals surface area contributed by atoms with Gasteiger partial charge in [-0.3, -0.25) is 0 Å². The van der Waals surface area contributed by atoms with Crippen LogP contribution in [0.25, 0.3) is 0 Å². The summed E-state index contributed by atoms with van der Waals surface area (Å²) >= 11 is 5.73. The molecule has 0 aliphatic rings. The molecule has 0 saturated heterocycles. The molecule has 1 unspecified atom stereocenters. The van der Waals surface area contributed by atoms with E-state index in [9.17, 15) is 4.79 Å². The van der Waals surface area contributed by atoms with E-state index in [1.165, 1.54) is 6.08 Å². The third kappa shape index (κ3) is 3.02. The molecule has 1 atom stereocenters. The molecular formula is C10H10ClNO. The number of carbonyl (C=O) groups excluding carboxylic acids is 1. The normalized spacial score (nSPS) is 11.8. The number of isocyanates is 1. The van der Waals surface area contributed by atoms with Crippen LogP contribution in [0.4, 0.5) is 0 Å². The lowest BCUT2D eigenvalue weighted by atomic mass is 10.0. The van der Waals surface area contributed by atoms with Crippen LogP contribution < -0.4 is 0 Å². The van der Waals surface area contributed by atoms with Gasteiger partial charge in [0, 0.05) is 10.9 Å². The predicted molar refractivity (Wildman–Crippen MR) is 52.9 cm³/mol. The minimum Gasteiger partial charge on any atom is -0.211 e. The third-order valence-electron chi connectivity index (χ3n) is 1.87. The molecule has 1 rings (SSSR count). The zero-order valence-corrected chi connectivity index (χ0v) is 8.08. The van der Waals surface area contributed by atoms with Gasteiger partial charge in [-0.05, 0) is 17.7 Å². The van der Waals surface area contributed by atoms with Crippen molar-refractivity contribution >= 4 is 17.7 Å². The lowest BCUT2D eigenvalue weighted by Gasteiger charge is -2.07. The van der Waals surface area contributed by atoms with Crippen molar-refractivity contribution in [1.82, 2.24) is 0 Å². The van der Waals surface area contributed by atoms with Crippen LogP contribution in [0.3, 0.4) is 0 Å². The van der Waals surface area contributed by atoms with Crippen molar-refractivity contribution in [3.05, 3.63) is 34.9 Å². The first-order valence-electron chi connectivity index (χ1n) is 4.03. The van der Waals surface area contributed by atoms with Gasteiger partial charge in [0.05, 0.1) is 6.54 Å². The number of halogens is 1. The molecule has 0 N–H and O–H groups in total. The predicted octanol–water partition coefficient (Wildman–Crippen LogP) is 2.78. The Morgan fingerprint density at radius 1 is 1.46 bits per heavy atom. The van der Waals surface area contributed by atoms with E-state index < -0.39 is 0 Å². The first kappa shape index (κ1) is 9.97. The van der Waals surface area contributed by atoms with Crippen LogP contribution in [0, 0.1) is 0 Å². The van der Waals surface area contributed by atoms with Gasteiger partial charge in [0.1, 0.15) is 0 Å². The van der Waals surface area contributed by atoms with Crippen LogP contribution in [0.5, 0.6) is 0 Å². The molecule has 0 aliphatic heterocycles. The fourth-order valence-corrected chi connectivity index (χ4v) is 1.20. The summed E-state index contributed by atoms with van der Waals surface area (Å²) in [6, 6.07) is 7.54. The standard InChI is InChI=1S/C10H10ClNO/c1-8(6-12-7-13)9-2-4-10(11)5-3-9/h2-5,8H,6H2,1H3. The van der Waals surface area contributed by atoms with Crippen LogP contribution >= 0.6 is 11.6 Å². The highest BCUT2D eigenvalue weighted by Crippen LogP contribution is 2.17. The largest absolute Gasteiger partial charge is 0.234 e. The van der Waals surface area contributed by atoms with E-state index in [0.717, 1.165) is 10.6 Å². The molecule has 0 spiro atoms. The van der Waals surface area contributed by atoms with Gasteiger partial charge in [0.2, 0.25) is 6.08 Å². The van der Waals surface area contributed by atoms with Gasteiger partial charge in [-0.15, -0.1) is 0 Å². The van der Waals surface area contributed by atoms with E-state index in [4.69, 9.17) is 11.6 Å². The molecule has 0 radical (unpaired) electrons. The number of aliphatic imine (C=N–C) groups is 1. The average molecular weight is 196 g/mol. The maximum absolute atomic E-state index is 9.88. The minimum atomic E-state index is 0.235. The quantitative estimate of drug-likeness (QED) is 0.539. The second kappa shape index (κ2) is 4.80. The van der Waals surface area contributed by atoms with E-state index in [0.29, 0.717) is 6.54 Å². The van der Waals surface area contributed by atoms with Crippen molar-refractivity contribution in [3.63, 3.8) is 0 Å². The highest BCUT2D eigenvalue weighted by molar-refractivity contribution is 6.30. The number of benzene rings is 1. The van der Waals surface area contributed by atoms with Crippen LogP contribution in [0.1, 0.15) is 18.4 Å². The number of nitrogens with zero attached hydrogens (tertiary/aromatic N) is 1. The Kier molecular flexibility index (Phi) is 3.69. The Morgan fingerprint density at radius 3 is 2.62 bits per heavy atom. The SMILES string of the molecule is CC(CN=C=O)c1ccc(Cl)cc1. The molecule has 0 aromatic heterocycles. The monoisotopic (exact) mass is 195 g/mol. The van der Waals surface area contributed by atoms with E-state index in [-0.39, 0.29) is 5.92 Å². The highest BCUT2D eigenvalue weighted by atomic mass is 35.5. The molecule has 0 heterocycles. The summed E-state index contributed by atoms with van der Waals surface area (Å²) in [5, 5.41) is 0.717. The van der Waals surface area contributed by atoms with Gasteiger partial charge in [0.15, 0.2) is 0 Å². The van der Waals surface area contributed by atoms with Crippen molar-refractivity contribution in [3.8, 4) is 0 Å². The zero-order chi connectivity index (χ0) is 9.68. The molecule has 0 saturated carbocycles. The topological polar surface area (TPSA) is 29.4 Å². The number of rotatable bonds is 3. The van der Waals surface area contributed by atoms with Crippen LogP contribution in [-0.2, 0) is 4.79 Å². The lowest BCUT2D eigenvalue weighted by molar-refractivity contribution is 0.561. The summed E-state index contributed by atoms with van der Waals surface area (Å²) in [4.78, 5) is 13.4. The van der Waals surface area contributed by atoms with Gasteiger partial charge in [-0.25, -0.2) is 9.79 Å². The molecule has 0 bridgehead atoms. The summed E-state index contributed by atoms with van der Waals surface area (Å²) in [5.74, 6) is 0.235. The highest BCUT2D eigenvalue weighted by Gasteiger charge is 2.03. The average Bonchev–Trinajstić information content (AvgIpc) is 2.15. The molecule has 68 valence electrons. The Labute approximate surface area is 82.3 Å². The van der Waals surface area contributed by atoms with E-state index in [1.54, 1.807) is 0 Å². The molecule has 0 fully saturated rings. The minimum absolute atomic E-state index is 0.235. The van der Waals surface area contributed by atoms with Crippen molar-refractivity contribution in [1.29, 1.82) is 0 Å². The van der Waals surface area contributed by atoms with Crippen LogP contribution in [0.2, 0.25) is 5.02 Å². The maximum atomic E-state index is 9.88. The van der Waals surface area contributed by atoms with Gasteiger partial charge in [0.25, 0.3) is 0 Å². The molecule has 13 heavy (non-hydrogen) atoms. The molecule has 1 aromatic carbocycles. The molecule has 1 aromatic rings. The van der Waals surface area contributed by atoms with Crippen molar-refractivity contribution in [2.75, 3.05) is 6.54 Å². The molecular weight excluding hydrogens is 186 g/mol. The van der Waals surface area contributed by atoms with Gasteiger partial charge >= 0.3 is 0 Å². The summed E-state index contributed by atoms with van der Waals surface area (Å²) in [6.07, 6.45) is 1.53. The van der Waals surface area contributed by atoms with E-state index in [2.05, 4.69) is 4.99 Å². The smallest absolute Gasteiger partial charge is 0.211 e. The Hall–Kier alpha value is -1.11. The van der Waals surface area contributed by atoms with Gasteiger partial charge in [-0.2, -0.15) is 0 Å². The lowest BCUT2D eigenvalue weighted by Crippen LogP contribution is -1.96. The Balaban J connectivity index is 2.71. The van der Waals surface area contributed by atoms with Gasteiger partial charge in [-0.1, -0.05) is 30.7 Å². The number of hydrogen-bond acceptors (Lipinski definition) is 2. The number of hydrogen-bond donors (Lipinski definition) is 0. The first-order chi connectivity index (χ1) is 6.24. The van der Waals surface area contributed by atoms with E-state index in [1.807, 2.05) is 31.2 Å². The fraction of sp³-hybridized carbons (Fsp3) is 0.300. The molecule has 3 heteroatoms. The second-order valence-corrected chi connectivity index (χ2v) is 3.32. The van der Waals surface area contributed by atoms with Gasteiger partial charge < -0.3 is 0 Å². The molecule has 2 nitrogen and oxygen atoms in total.